The van der Waals surface area contributed by atoms with E-state index in [0.29, 0.717) is 6.04 Å². The molecular formula is C15H27N3. The van der Waals surface area contributed by atoms with E-state index in [9.17, 15) is 0 Å². The van der Waals surface area contributed by atoms with E-state index in [2.05, 4.69) is 50.0 Å². The van der Waals surface area contributed by atoms with Crippen molar-refractivity contribution in [3.05, 3.63) is 18.0 Å². The molecule has 0 spiro atoms. The molecule has 102 valence electrons. The van der Waals surface area contributed by atoms with Crippen LogP contribution in [-0.2, 0) is 6.54 Å². The molecule has 1 aliphatic carbocycles. The Morgan fingerprint density at radius 1 is 1.39 bits per heavy atom. The molecule has 1 aliphatic rings. The molecule has 0 aromatic carbocycles. The van der Waals surface area contributed by atoms with Crippen molar-refractivity contribution in [1.82, 2.24) is 15.1 Å². The van der Waals surface area contributed by atoms with E-state index < -0.39 is 0 Å². The van der Waals surface area contributed by atoms with Gasteiger partial charge in [0, 0.05) is 18.3 Å². The van der Waals surface area contributed by atoms with Gasteiger partial charge in [-0.25, -0.2) is 0 Å². The summed E-state index contributed by atoms with van der Waals surface area (Å²) in [5, 5.41) is 8.21. The first kappa shape index (κ1) is 13.6. The molecule has 1 saturated carbocycles. The van der Waals surface area contributed by atoms with E-state index in [0.717, 1.165) is 18.2 Å². The van der Waals surface area contributed by atoms with Gasteiger partial charge < -0.3 is 5.32 Å². The Morgan fingerprint density at radius 3 is 2.83 bits per heavy atom. The van der Waals surface area contributed by atoms with Gasteiger partial charge in [-0.15, -0.1) is 0 Å². The monoisotopic (exact) mass is 249 g/mol. The summed E-state index contributed by atoms with van der Waals surface area (Å²) < 4.78 is 2.19. The summed E-state index contributed by atoms with van der Waals surface area (Å²) in [4.78, 5) is 0. The van der Waals surface area contributed by atoms with Crippen LogP contribution in [0.5, 0.6) is 0 Å². The summed E-state index contributed by atoms with van der Waals surface area (Å²) in [5.74, 6) is 0.851. The van der Waals surface area contributed by atoms with Crippen LogP contribution in [0.4, 0.5) is 0 Å². The van der Waals surface area contributed by atoms with Crippen LogP contribution in [0.25, 0.3) is 0 Å². The van der Waals surface area contributed by atoms with Crippen molar-refractivity contribution in [2.24, 2.45) is 5.92 Å². The third kappa shape index (κ3) is 3.84. The van der Waals surface area contributed by atoms with E-state index in [1.165, 1.54) is 25.7 Å². The molecule has 2 atom stereocenters. The van der Waals surface area contributed by atoms with Crippen molar-refractivity contribution in [1.29, 1.82) is 0 Å². The Kier molecular flexibility index (Phi) is 4.10. The average molecular weight is 249 g/mol. The highest BCUT2D eigenvalue weighted by molar-refractivity contribution is 5.00. The van der Waals surface area contributed by atoms with Crippen LogP contribution in [0.2, 0.25) is 0 Å². The molecule has 3 heteroatoms. The van der Waals surface area contributed by atoms with Gasteiger partial charge in [-0.1, -0.05) is 19.8 Å². The van der Waals surface area contributed by atoms with Crippen molar-refractivity contribution >= 4 is 0 Å². The molecule has 2 rings (SSSR count). The lowest BCUT2D eigenvalue weighted by atomic mass is 9.87. The van der Waals surface area contributed by atoms with Gasteiger partial charge in [0.25, 0.3) is 0 Å². The molecule has 0 saturated heterocycles. The lowest BCUT2D eigenvalue weighted by Crippen LogP contribution is -2.35. The fourth-order valence-corrected chi connectivity index (χ4v) is 2.67. The lowest BCUT2D eigenvalue weighted by molar-refractivity contribution is 0.265. The third-order valence-electron chi connectivity index (χ3n) is 3.75. The molecule has 0 bridgehead atoms. The van der Waals surface area contributed by atoms with E-state index in [1.807, 2.05) is 0 Å². The van der Waals surface area contributed by atoms with Gasteiger partial charge >= 0.3 is 0 Å². The normalized spacial score (nSPS) is 25.3. The highest BCUT2D eigenvalue weighted by Crippen LogP contribution is 2.31. The van der Waals surface area contributed by atoms with Crippen molar-refractivity contribution < 1.29 is 0 Å². The first-order valence-corrected chi connectivity index (χ1v) is 7.23. The van der Waals surface area contributed by atoms with Gasteiger partial charge in [0.1, 0.15) is 0 Å². The molecule has 0 amide bonds. The minimum absolute atomic E-state index is 0.156. The van der Waals surface area contributed by atoms with Gasteiger partial charge in [0.15, 0.2) is 0 Å². The molecule has 1 aromatic rings. The number of nitrogens with one attached hydrogen (secondary N) is 1. The second-order valence-corrected chi connectivity index (χ2v) is 6.82. The average Bonchev–Trinajstić information content (AvgIpc) is 2.74. The van der Waals surface area contributed by atoms with Gasteiger partial charge in [0.05, 0.1) is 11.7 Å². The number of nitrogens with zero attached hydrogens (tertiary/aromatic N) is 2. The van der Waals surface area contributed by atoms with Crippen molar-refractivity contribution in [3.63, 3.8) is 0 Å². The van der Waals surface area contributed by atoms with Crippen molar-refractivity contribution in [3.8, 4) is 0 Å². The SMILES string of the molecule is CC1CCCC(n2ccc(CNC(C)(C)C)n2)C1. The van der Waals surface area contributed by atoms with Gasteiger partial charge in [0.2, 0.25) is 0 Å². The summed E-state index contributed by atoms with van der Waals surface area (Å²) in [5.41, 5.74) is 1.31. The largest absolute Gasteiger partial charge is 0.306 e. The Hall–Kier alpha value is -0.830. The van der Waals surface area contributed by atoms with Crippen molar-refractivity contribution in [2.75, 3.05) is 0 Å². The van der Waals surface area contributed by atoms with Crippen LogP contribution in [0.3, 0.4) is 0 Å². The van der Waals surface area contributed by atoms with Gasteiger partial charge in [-0.3, -0.25) is 4.68 Å². The molecule has 1 aromatic heterocycles. The number of rotatable bonds is 3. The van der Waals surface area contributed by atoms with Crippen LogP contribution in [0.15, 0.2) is 12.3 Å². The summed E-state index contributed by atoms with van der Waals surface area (Å²) in [7, 11) is 0. The highest BCUT2D eigenvalue weighted by Gasteiger charge is 2.21. The van der Waals surface area contributed by atoms with Crippen molar-refractivity contribution in [2.45, 2.75) is 71.5 Å². The van der Waals surface area contributed by atoms with Crippen LogP contribution >= 0.6 is 0 Å². The highest BCUT2D eigenvalue weighted by atomic mass is 15.3. The molecule has 1 N–H and O–H groups in total. The molecule has 1 heterocycles. The molecule has 18 heavy (non-hydrogen) atoms. The maximum Gasteiger partial charge on any atom is 0.0762 e. The number of hydrogen-bond donors (Lipinski definition) is 1. The maximum atomic E-state index is 4.73. The first-order chi connectivity index (χ1) is 8.44. The molecule has 1 fully saturated rings. The second kappa shape index (κ2) is 5.43. The van der Waals surface area contributed by atoms with Crippen LogP contribution in [0.1, 0.15) is 65.1 Å². The predicted molar refractivity (Wildman–Crippen MR) is 75.5 cm³/mol. The van der Waals surface area contributed by atoms with E-state index in [4.69, 9.17) is 5.10 Å². The van der Waals surface area contributed by atoms with Crippen LogP contribution in [-0.4, -0.2) is 15.3 Å². The zero-order chi connectivity index (χ0) is 13.2. The Bertz CT molecular complexity index is 375. The number of hydrogen-bond acceptors (Lipinski definition) is 2. The summed E-state index contributed by atoms with van der Waals surface area (Å²) in [6.45, 7) is 9.78. The Labute approximate surface area is 111 Å². The molecule has 3 nitrogen and oxygen atoms in total. The lowest BCUT2D eigenvalue weighted by Gasteiger charge is -2.27. The van der Waals surface area contributed by atoms with Crippen LogP contribution in [0, 0.1) is 5.92 Å². The summed E-state index contributed by atoms with van der Waals surface area (Å²) >= 11 is 0. The van der Waals surface area contributed by atoms with E-state index in [1.54, 1.807) is 0 Å². The second-order valence-electron chi connectivity index (χ2n) is 6.82. The topological polar surface area (TPSA) is 29.9 Å². The minimum Gasteiger partial charge on any atom is -0.306 e. The first-order valence-electron chi connectivity index (χ1n) is 7.23. The maximum absolute atomic E-state index is 4.73. The molecular weight excluding hydrogens is 222 g/mol. The predicted octanol–water partition coefficient (Wildman–Crippen LogP) is 3.52. The summed E-state index contributed by atoms with van der Waals surface area (Å²) in [6.07, 6.45) is 7.46. The smallest absolute Gasteiger partial charge is 0.0762 e. The molecule has 0 radical (unpaired) electrons. The molecule has 2 unspecified atom stereocenters. The fourth-order valence-electron chi connectivity index (χ4n) is 2.67. The Balaban J connectivity index is 1.93. The third-order valence-corrected chi connectivity index (χ3v) is 3.75. The molecule has 0 aliphatic heterocycles. The van der Waals surface area contributed by atoms with Crippen LogP contribution < -0.4 is 5.32 Å². The van der Waals surface area contributed by atoms with Gasteiger partial charge in [-0.05, 0) is 45.6 Å². The van der Waals surface area contributed by atoms with E-state index in [-0.39, 0.29) is 5.54 Å². The summed E-state index contributed by atoms with van der Waals surface area (Å²) in [6, 6.07) is 2.77. The minimum atomic E-state index is 0.156. The fraction of sp³-hybridized carbons (Fsp3) is 0.800. The Morgan fingerprint density at radius 2 is 2.17 bits per heavy atom. The standard InChI is InChI=1S/C15H27N3/c1-12-6-5-7-14(10-12)18-9-8-13(17-18)11-16-15(2,3)4/h8-9,12,14,16H,5-7,10-11H2,1-4H3. The van der Waals surface area contributed by atoms with E-state index >= 15 is 0 Å². The zero-order valence-corrected chi connectivity index (χ0v) is 12.2. The quantitative estimate of drug-likeness (QED) is 0.888. The zero-order valence-electron chi connectivity index (χ0n) is 12.2. The van der Waals surface area contributed by atoms with Gasteiger partial charge in [-0.2, -0.15) is 5.10 Å². The number of aromatic nitrogens is 2.